The molecular weight excluding hydrogens is 152 g/mol. The molecule has 0 atom stereocenters. The summed E-state index contributed by atoms with van der Waals surface area (Å²) < 4.78 is 0. The molecule has 1 rings (SSSR count). The summed E-state index contributed by atoms with van der Waals surface area (Å²) in [5.74, 6) is 0.649. The molecule has 2 heteroatoms. The van der Waals surface area contributed by atoms with Crippen molar-refractivity contribution in [2.45, 2.75) is 19.2 Å². The standard InChI is InChI=1S/C7H9ClS/c1-2-7-3-6(4-8)5-9-7/h3,5H,2,4H2,1H3. The van der Waals surface area contributed by atoms with Crippen LogP contribution in [0.4, 0.5) is 0 Å². The van der Waals surface area contributed by atoms with Gasteiger partial charge >= 0.3 is 0 Å². The van der Waals surface area contributed by atoms with Crippen molar-refractivity contribution in [1.82, 2.24) is 0 Å². The Morgan fingerprint density at radius 3 is 2.78 bits per heavy atom. The van der Waals surface area contributed by atoms with Gasteiger partial charge in [0.25, 0.3) is 0 Å². The molecule has 0 saturated heterocycles. The first-order chi connectivity index (χ1) is 4.36. The first-order valence-corrected chi connectivity index (χ1v) is 4.40. The smallest absolute Gasteiger partial charge is 0.0482 e. The van der Waals surface area contributed by atoms with Gasteiger partial charge in [-0.05, 0) is 23.4 Å². The Kier molecular flexibility index (Phi) is 2.55. The fraction of sp³-hybridized carbons (Fsp3) is 0.429. The summed E-state index contributed by atoms with van der Waals surface area (Å²) in [6.07, 6.45) is 1.13. The van der Waals surface area contributed by atoms with Gasteiger partial charge in [0.1, 0.15) is 0 Å². The van der Waals surface area contributed by atoms with E-state index in [0.717, 1.165) is 6.42 Å². The third-order valence-electron chi connectivity index (χ3n) is 1.21. The maximum atomic E-state index is 5.60. The maximum Gasteiger partial charge on any atom is 0.0482 e. The predicted octanol–water partition coefficient (Wildman–Crippen LogP) is 3.05. The van der Waals surface area contributed by atoms with Gasteiger partial charge in [0.2, 0.25) is 0 Å². The minimum atomic E-state index is 0.649. The number of hydrogen-bond donors (Lipinski definition) is 0. The molecule has 1 heterocycles. The van der Waals surface area contributed by atoms with E-state index in [9.17, 15) is 0 Å². The molecule has 1 aromatic heterocycles. The predicted molar refractivity (Wildman–Crippen MR) is 43.3 cm³/mol. The van der Waals surface area contributed by atoms with Crippen molar-refractivity contribution in [1.29, 1.82) is 0 Å². The van der Waals surface area contributed by atoms with Crippen LogP contribution in [-0.4, -0.2) is 0 Å². The number of hydrogen-bond acceptors (Lipinski definition) is 1. The van der Waals surface area contributed by atoms with Gasteiger partial charge < -0.3 is 0 Å². The summed E-state index contributed by atoms with van der Waals surface area (Å²) in [6.45, 7) is 2.16. The van der Waals surface area contributed by atoms with Gasteiger partial charge in [0, 0.05) is 10.8 Å². The van der Waals surface area contributed by atoms with Gasteiger partial charge in [-0.25, -0.2) is 0 Å². The Balaban J connectivity index is 2.74. The van der Waals surface area contributed by atoms with Crippen LogP contribution in [0.3, 0.4) is 0 Å². The second kappa shape index (κ2) is 3.23. The van der Waals surface area contributed by atoms with Crippen LogP contribution in [0.5, 0.6) is 0 Å². The lowest BCUT2D eigenvalue weighted by molar-refractivity contribution is 1.18. The molecular formula is C7H9ClS. The topological polar surface area (TPSA) is 0 Å². The summed E-state index contributed by atoms with van der Waals surface area (Å²) in [7, 11) is 0. The minimum absolute atomic E-state index is 0.649. The first-order valence-electron chi connectivity index (χ1n) is 2.99. The van der Waals surface area contributed by atoms with Gasteiger partial charge in [-0.2, -0.15) is 0 Å². The molecule has 0 unspecified atom stereocenters. The van der Waals surface area contributed by atoms with Gasteiger partial charge in [-0.15, -0.1) is 22.9 Å². The normalized spacial score (nSPS) is 10.0. The molecule has 0 bridgehead atoms. The maximum absolute atomic E-state index is 5.60. The number of aryl methyl sites for hydroxylation is 1. The highest BCUT2D eigenvalue weighted by Gasteiger charge is 1.94. The van der Waals surface area contributed by atoms with Crippen molar-refractivity contribution in [3.8, 4) is 0 Å². The molecule has 0 nitrogen and oxygen atoms in total. The van der Waals surface area contributed by atoms with E-state index in [-0.39, 0.29) is 0 Å². The van der Waals surface area contributed by atoms with Gasteiger partial charge in [-0.3, -0.25) is 0 Å². The minimum Gasteiger partial charge on any atom is -0.149 e. The molecule has 0 saturated carbocycles. The lowest BCUT2D eigenvalue weighted by Gasteiger charge is -1.82. The van der Waals surface area contributed by atoms with Crippen molar-refractivity contribution in [2.75, 3.05) is 0 Å². The molecule has 0 aliphatic carbocycles. The highest BCUT2D eigenvalue weighted by atomic mass is 35.5. The Morgan fingerprint density at radius 2 is 2.44 bits per heavy atom. The van der Waals surface area contributed by atoms with Crippen molar-refractivity contribution >= 4 is 22.9 Å². The Bertz CT molecular complexity index is 162. The van der Waals surface area contributed by atoms with Crippen molar-refractivity contribution in [3.05, 3.63) is 21.9 Å². The summed E-state index contributed by atoms with van der Waals surface area (Å²) >= 11 is 7.39. The van der Waals surface area contributed by atoms with Gasteiger partial charge in [0.15, 0.2) is 0 Å². The van der Waals surface area contributed by atoms with E-state index >= 15 is 0 Å². The summed E-state index contributed by atoms with van der Waals surface area (Å²) in [4.78, 5) is 1.42. The van der Waals surface area contributed by atoms with E-state index in [0.29, 0.717) is 5.88 Å². The second-order valence-corrected chi connectivity index (χ2v) is 3.17. The zero-order valence-corrected chi connectivity index (χ0v) is 6.93. The molecule has 0 amide bonds. The molecule has 9 heavy (non-hydrogen) atoms. The largest absolute Gasteiger partial charge is 0.149 e. The molecule has 0 fully saturated rings. The Hall–Kier alpha value is -0.0100. The van der Waals surface area contributed by atoms with Crippen LogP contribution in [0, 0.1) is 0 Å². The average Bonchev–Trinajstić information content (AvgIpc) is 2.34. The van der Waals surface area contributed by atoms with Gasteiger partial charge in [-0.1, -0.05) is 6.92 Å². The molecule has 50 valence electrons. The molecule has 0 spiro atoms. The number of halogens is 1. The Labute approximate surface area is 64.5 Å². The summed E-state index contributed by atoms with van der Waals surface area (Å²) in [5, 5.41) is 2.12. The average molecular weight is 161 g/mol. The van der Waals surface area contributed by atoms with E-state index in [1.807, 2.05) is 0 Å². The van der Waals surface area contributed by atoms with Crippen molar-refractivity contribution < 1.29 is 0 Å². The molecule has 0 aliphatic rings. The van der Waals surface area contributed by atoms with E-state index < -0.39 is 0 Å². The number of thiophene rings is 1. The Morgan fingerprint density at radius 1 is 1.67 bits per heavy atom. The molecule has 0 N–H and O–H groups in total. The van der Waals surface area contributed by atoms with Crippen LogP contribution in [-0.2, 0) is 12.3 Å². The van der Waals surface area contributed by atoms with Crippen LogP contribution in [0.2, 0.25) is 0 Å². The van der Waals surface area contributed by atoms with E-state index in [1.54, 1.807) is 11.3 Å². The zero-order valence-electron chi connectivity index (χ0n) is 5.36. The van der Waals surface area contributed by atoms with Crippen LogP contribution in [0.1, 0.15) is 17.4 Å². The highest BCUT2D eigenvalue weighted by Crippen LogP contribution is 2.16. The molecule has 0 aliphatic heterocycles. The fourth-order valence-corrected chi connectivity index (χ4v) is 1.77. The monoisotopic (exact) mass is 160 g/mol. The van der Waals surface area contributed by atoms with Crippen molar-refractivity contribution in [3.63, 3.8) is 0 Å². The van der Waals surface area contributed by atoms with E-state index in [1.165, 1.54) is 10.4 Å². The molecule has 1 aromatic rings. The second-order valence-electron chi connectivity index (χ2n) is 1.91. The lowest BCUT2D eigenvalue weighted by atomic mass is 10.3. The third kappa shape index (κ3) is 1.70. The third-order valence-corrected chi connectivity index (χ3v) is 2.65. The lowest BCUT2D eigenvalue weighted by Crippen LogP contribution is -1.69. The first kappa shape index (κ1) is 7.10. The van der Waals surface area contributed by atoms with Crippen molar-refractivity contribution in [2.24, 2.45) is 0 Å². The van der Waals surface area contributed by atoms with E-state index in [2.05, 4.69) is 18.4 Å². The highest BCUT2D eigenvalue weighted by molar-refractivity contribution is 7.10. The summed E-state index contributed by atoms with van der Waals surface area (Å²) in [5.41, 5.74) is 1.25. The van der Waals surface area contributed by atoms with E-state index in [4.69, 9.17) is 11.6 Å². The molecule has 0 radical (unpaired) electrons. The number of rotatable bonds is 2. The van der Waals surface area contributed by atoms with Crippen LogP contribution in [0.15, 0.2) is 11.4 Å². The molecule has 0 aromatic carbocycles. The quantitative estimate of drug-likeness (QED) is 0.584. The van der Waals surface area contributed by atoms with Gasteiger partial charge in [0.05, 0.1) is 0 Å². The SMILES string of the molecule is CCc1cc(CCl)cs1. The van der Waals surface area contributed by atoms with Crippen LogP contribution >= 0.6 is 22.9 Å². The summed E-state index contributed by atoms with van der Waals surface area (Å²) in [6, 6.07) is 2.16. The zero-order chi connectivity index (χ0) is 6.69. The number of alkyl halides is 1. The van der Waals surface area contributed by atoms with Crippen LogP contribution < -0.4 is 0 Å². The fourth-order valence-electron chi connectivity index (χ4n) is 0.682. The van der Waals surface area contributed by atoms with Crippen LogP contribution in [0.25, 0.3) is 0 Å².